The van der Waals surface area contributed by atoms with Gasteiger partial charge < -0.3 is 9.80 Å². The standard InChI is InChI=1S/C19H24N2/c1-19(2)17-11-13(20(3)4)7-9-15(17)16-10-8-14(21(5)6)12-18(16)19/h7-12H,1-6H3. The zero-order valence-corrected chi connectivity index (χ0v) is 13.9. The molecule has 0 amide bonds. The molecule has 0 fully saturated rings. The predicted molar refractivity (Wildman–Crippen MR) is 92.7 cm³/mol. The molecule has 0 bridgehead atoms. The first kappa shape index (κ1) is 14.0. The number of fused-ring (bicyclic) bond motifs is 3. The molecule has 21 heavy (non-hydrogen) atoms. The molecule has 0 aromatic heterocycles. The summed E-state index contributed by atoms with van der Waals surface area (Å²) in [5.41, 5.74) is 8.21. The van der Waals surface area contributed by atoms with Crippen molar-refractivity contribution >= 4 is 11.4 Å². The number of benzene rings is 2. The topological polar surface area (TPSA) is 6.48 Å². The van der Waals surface area contributed by atoms with Crippen molar-refractivity contribution in [1.29, 1.82) is 0 Å². The van der Waals surface area contributed by atoms with E-state index in [9.17, 15) is 0 Å². The van der Waals surface area contributed by atoms with Crippen molar-refractivity contribution in [3.05, 3.63) is 47.5 Å². The quantitative estimate of drug-likeness (QED) is 0.816. The lowest BCUT2D eigenvalue weighted by Gasteiger charge is -2.24. The van der Waals surface area contributed by atoms with E-state index in [4.69, 9.17) is 0 Å². The van der Waals surface area contributed by atoms with Crippen molar-refractivity contribution in [2.24, 2.45) is 0 Å². The molecule has 2 aromatic carbocycles. The smallest absolute Gasteiger partial charge is 0.0364 e. The van der Waals surface area contributed by atoms with Gasteiger partial charge in [0, 0.05) is 45.0 Å². The van der Waals surface area contributed by atoms with E-state index in [1.807, 2.05) is 0 Å². The molecule has 0 aliphatic heterocycles. The summed E-state index contributed by atoms with van der Waals surface area (Å²) in [6.45, 7) is 4.66. The Balaban J connectivity index is 2.22. The maximum atomic E-state index is 2.34. The molecular weight excluding hydrogens is 256 g/mol. The summed E-state index contributed by atoms with van der Waals surface area (Å²) in [4.78, 5) is 4.34. The van der Waals surface area contributed by atoms with E-state index < -0.39 is 0 Å². The van der Waals surface area contributed by atoms with Gasteiger partial charge in [0.15, 0.2) is 0 Å². The number of rotatable bonds is 2. The van der Waals surface area contributed by atoms with Crippen LogP contribution in [0.4, 0.5) is 11.4 Å². The molecule has 2 heteroatoms. The van der Waals surface area contributed by atoms with Gasteiger partial charge >= 0.3 is 0 Å². The Bertz CT molecular complexity index is 637. The maximum Gasteiger partial charge on any atom is 0.0364 e. The Labute approximate surface area is 128 Å². The molecule has 1 aliphatic rings. The van der Waals surface area contributed by atoms with E-state index in [2.05, 4.69) is 88.2 Å². The zero-order chi connectivity index (χ0) is 15.4. The van der Waals surface area contributed by atoms with E-state index in [0.717, 1.165) is 0 Å². The number of nitrogens with zero attached hydrogens (tertiary/aromatic N) is 2. The van der Waals surface area contributed by atoms with Crippen molar-refractivity contribution in [2.45, 2.75) is 19.3 Å². The Kier molecular flexibility index (Phi) is 3.01. The molecular formula is C19H24N2. The van der Waals surface area contributed by atoms with Crippen LogP contribution >= 0.6 is 0 Å². The molecule has 2 nitrogen and oxygen atoms in total. The molecule has 0 atom stereocenters. The summed E-state index contributed by atoms with van der Waals surface area (Å²) in [5.74, 6) is 0. The van der Waals surface area contributed by atoms with Crippen molar-refractivity contribution in [1.82, 2.24) is 0 Å². The molecule has 0 heterocycles. The minimum Gasteiger partial charge on any atom is -0.378 e. The Morgan fingerprint density at radius 2 is 1.05 bits per heavy atom. The van der Waals surface area contributed by atoms with Gasteiger partial charge in [-0.25, -0.2) is 0 Å². The molecule has 110 valence electrons. The summed E-state index contributed by atoms with van der Waals surface area (Å²) in [6.07, 6.45) is 0. The number of hydrogen-bond acceptors (Lipinski definition) is 2. The molecule has 0 N–H and O–H groups in total. The van der Waals surface area contributed by atoms with Crippen LogP contribution in [-0.4, -0.2) is 28.2 Å². The first-order chi connectivity index (χ1) is 9.82. The normalized spacial score (nSPS) is 14.6. The monoisotopic (exact) mass is 280 g/mol. The van der Waals surface area contributed by atoms with Gasteiger partial charge in [0.25, 0.3) is 0 Å². The average Bonchev–Trinajstić information content (AvgIpc) is 2.67. The second kappa shape index (κ2) is 4.52. The van der Waals surface area contributed by atoms with Gasteiger partial charge in [-0.2, -0.15) is 0 Å². The highest BCUT2D eigenvalue weighted by atomic mass is 15.1. The van der Waals surface area contributed by atoms with Gasteiger partial charge in [-0.05, 0) is 46.5 Å². The van der Waals surface area contributed by atoms with Crippen LogP contribution in [0.2, 0.25) is 0 Å². The van der Waals surface area contributed by atoms with E-state index in [1.165, 1.54) is 33.6 Å². The average molecular weight is 280 g/mol. The van der Waals surface area contributed by atoms with Crippen LogP contribution in [0.5, 0.6) is 0 Å². The van der Waals surface area contributed by atoms with Crippen molar-refractivity contribution in [3.8, 4) is 11.1 Å². The lowest BCUT2D eigenvalue weighted by Crippen LogP contribution is -2.17. The van der Waals surface area contributed by atoms with E-state index in [1.54, 1.807) is 0 Å². The number of hydrogen-bond donors (Lipinski definition) is 0. The fourth-order valence-corrected chi connectivity index (χ4v) is 3.27. The van der Waals surface area contributed by atoms with Crippen molar-refractivity contribution in [3.63, 3.8) is 0 Å². The van der Waals surface area contributed by atoms with Crippen LogP contribution < -0.4 is 9.80 Å². The maximum absolute atomic E-state index is 2.34. The molecule has 0 spiro atoms. The summed E-state index contributed by atoms with van der Waals surface area (Å²) in [5, 5.41) is 0. The van der Waals surface area contributed by atoms with Gasteiger partial charge in [-0.15, -0.1) is 0 Å². The molecule has 0 unspecified atom stereocenters. The lowest BCUT2D eigenvalue weighted by molar-refractivity contribution is 0.660. The number of anilines is 2. The third kappa shape index (κ3) is 2.01. The third-order valence-corrected chi connectivity index (χ3v) is 4.68. The minimum atomic E-state index is 0.0582. The molecule has 0 radical (unpaired) electrons. The Morgan fingerprint density at radius 1 is 0.667 bits per heavy atom. The molecule has 1 aliphatic carbocycles. The van der Waals surface area contributed by atoms with Crippen LogP contribution in [0, 0.1) is 0 Å². The minimum absolute atomic E-state index is 0.0582. The van der Waals surface area contributed by atoms with Crippen LogP contribution in [0.15, 0.2) is 36.4 Å². The molecule has 2 aromatic rings. The summed E-state index contributed by atoms with van der Waals surface area (Å²) in [6, 6.07) is 13.6. The zero-order valence-electron chi connectivity index (χ0n) is 13.9. The first-order valence-corrected chi connectivity index (χ1v) is 7.46. The fraction of sp³-hybridized carbons (Fsp3) is 0.368. The third-order valence-electron chi connectivity index (χ3n) is 4.68. The van der Waals surface area contributed by atoms with Gasteiger partial charge in [0.1, 0.15) is 0 Å². The first-order valence-electron chi connectivity index (χ1n) is 7.46. The predicted octanol–water partition coefficient (Wildman–Crippen LogP) is 4.12. The second-order valence-electron chi connectivity index (χ2n) is 6.87. The van der Waals surface area contributed by atoms with E-state index in [-0.39, 0.29) is 5.41 Å². The lowest BCUT2D eigenvalue weighted by atomic mass is 9.82. The summed E-state index contributed by atoms with van der Waals surface area (Å²) >= 11 is 0. The van der Waals surface area contributed by atoms with E-state index >= 15 is 0 Å². The van der Waals surface area contributed by atoms with Crippen LogP contribution in [-0.2, 0) is 5.41 Å². The highest BCUT2D eigenvalue weighted by Gasteiger charge is 2.35. The summed E-state index contributed by atoms with van der Waals surface area (Å²) in [7, 11) is 8.39. The van der Waals surface area contributed by atoms with Gasteiger partial charge in [0.05, 0.1) is 0 Å². The fourth-order valence-electron chi connectivity index (χ4n) is 3.27. The Morgan fingerprint density at radius 3 is 1.38 bits per heavy atom. The molecule has 0 saturated heterocycles. The van der Waals surface area contributed by atoms with Gasteiger partial charge in [-0.3, -0.25) is 0 Å². The van der Waals surface area contributed by atoms with Crippen LogP contribution in [0.1, 0.15) is 25.0 Å². The molecule has 0 saturated carbocycles. The van der Waals surface area contributed by atoms with Gasteiger partial charge in [0.2, 0.25) is 0 Å². The highest BCUT2D eigenvalue weighted by molar-refractivity contribution is 5.84. The highest BCUT2D eigenvalue weighted by Crippen LogP contribution is 2.50. The molecule has 3 rings (SSSR count). The Hall–Kier alpha value is -1.96. The SMILES string of the molecule is CN(C)c1ccc2c(c1)C(C)(C)c1cc(N(C)C)ccc1-2. The largest absolute Gasteiger partial charge is 0.378 e. The van der Waals surface area contributed by atoms with Crippen LogP contribution in [0.25, 0.3) is 11.1 Å². The van der Waals surface area contributed by atoms with Crippen molar-refractivity contribution in [2.75, 3.05) is 38.0 Å². The second-order valence-corrected chi connectivity index (χ2v) is 6.87. The van der Waals surface area contributed by atoms with E-state index in [0.29, 0.717) is 0 Å². The summed E-state index contributed by atoms with van der Waals surface area (Å²) < 4.78 is 0. The van der Waals surface area contributed by atoms with Crippen molar-refractivity contribution < 1.29 is 0 Å². The van der Waals surface area contributed by atoms with Gasteiger partial charge in [-0.1, -0.05) is 26.0 Å². The van der Waals surface area contributed by atoms with Crippen LogP contribution in [0.3, 0.4) is 0 Å².